The number of nitro benzene ring substituents is 1. The Morgan fingerprint density at radius 2 is 1.90 bits per heavy atom. The number of hydrazone groups is 1. The monoisotopic (exact) mass is 395 g/mol. The predicted molar refractivity (Wildman–Crippen MR) is 110 cm³/mol. The average Bonchev–Trinajstić information content (AvgIpc) is 3.20. The summed E-state index contributed by atoms with van der Waals surface area (Å²) in [5.41, 5.74) is 5.23. The third-order valence-electron chi connectivity index (χ3n) is 4.33. The molecule has 3 rings (SSSR count). The molecular formula is C21H21N3O5. The van der Waals surface area contributed by atoms with Crippen LogP contribution >= 0.6 is 0 Å². The Bertz CT molecular complexity index is 1040. The summed E-state index contributed by atoms with van der Waals surface area (Å²) in [4.78, 5) is 10.7. The lowest BCUT2D eigenvalue weighted by atomic mass is 10.1. The Morgan fingerprint density at radius 3 is 2.62 bits per heavy atom. The van der Waals surface area contributed by atoms with Crippen molar-refractivity contribution in [1.29, 1.82) is 0 Å². The van der Waals surface area contributed by atoms with E-state index < -0.39 is 4.92 Å². The van der Waals surface area contributed by atoms with Gasteiger partial charge < -0.3 is 19.3 Å². The minimum Gasteiger partial charge on any atom is -0.493 e. The number of hydrogen-bond acceptors (Lipinski definition) is 7. The molecule has 0 aliphatic heterocycles. The molecule has 0 unspecified atom stereocenters. The average molecular weight is 395 g/mol. The van der Waals surface area contributed by atoms with Crippen LogP contribution in [0.15, 0.2) is 58.0 Å². The van der Waals surface area contributed by atoms with Gasteiger partial charge in [-0.1, -0.05) is 18.2 Å². The highest BCUT2D eigenvalue weighted by atomic mass is 16.6. The second kappa shape index (κ2) is 8.92. The molecule has 2 aromatic carbocycles. The molecule has 0 radical (unpaired) electrons. The van der Waals surface area contributed by atoms with E-state index in [2.05, 4.69) is 10.5 Å². The quantitative estimate of drug-likeness (QED) is 0.347. The summed E-state index contributed by atoms with van der Waals surface area (Å²) in [6.45, 7) is 2.20. The summed E-state index contributed by atoms with van der Waals surface area (Å²) in [6, 6.07) is 14.1. The van der Waals surface area contributed by atoms with Crippen molar-refractivity contribution in [2.24, 2.45) is 5.10 Å². The van der Waals surface area contributed by atoms with Crippen LogP contribution in [0.1, 0.15) is 16.9 Å². The first kappa shape index (κ1) is 19.9. The minimum atomic E-state index is -0.401. The number of nitrogens with one attached hydrogen (secondary N) is 1. The van der Waals surface area contributed by atoms with Crippen LogP contribution in [0.3, 0.4) is 0 Å². The van der Waals surface area contributed by atoms with Gasteiger partial charge in [-0.3, -0.25) is 10.1 Å². The molecule has 0 spiro atoms. The molecule has 0 fully saturated rings. The third-order valence-corrected chi connectivity index (χ3v) is 4.33. The van der Waals surface area contributed by atoms with Gasteiger partial charge in [-0.15, -0.1) is 0 Å². The van der Waals surface area contributed by atoms with Crippen LogP contribution in [-0.2, 0) is 6.54 Å². The van der Waals surface area contributed by atoms with Crippen molar-refractivity contribution in [3.8, 4) is 22.8 Å². The van der Waals surface area contributed by atoms with E-state index in [9.17, 15) is 10.1 Å². The van der Waals surface area contributed by atoms with Crippen molar-refractivity contribution in [3.05, 3.63) is 75.5 Å². The number of aryl methyl sites for hydroxylation is 1. The van der Waals surface area contributed by atoms with Crippen molar-refractivity contribution in [3.63, 3.8) is 0 Å². The zero-order valence-electron chi connectivity index (χ0n) is 16.3. The molecule has 0 aliphatic carbocycles. The fourth-order valence-electron chi connectivity index (χ4n) is 2.77. The molecule has 8 nitrogen and oxygen atoms in total. The van der Waals surface area contributed by atoms with Gasteiger partial charge in [0, 0.05) is 17.2 Å². The Hall–Kier alpha value is -3.81. The molecule has 0 amide bonds. The molecule has 150 valence electrons. The molecule has 3 aromatic rings. The molecule has 0 aliphatic rings. The molecular weight excluding hydrogens is 374 g/mol. The van der Waals surface area contributed by atoms with Crippen LogP contribution < -0.4 is 14.9 Å². The van der Waals surface area contributed by atoms with Gasteiger partial charge in [0.15, 0.2) is 11.5 Å². The molecule has 0 bridgehead atoms. The van der Waals surface area contributed by atoms with E-state index in [-0.39, 0.29) is 5.69 Å². The first-order chi connectivity index (χ1) is 14.0. The normalized spacial score (nSPS) is 10.9. The molecule has 0 atom stereocenters. The maximum atomic E-state index is 11.1. The van der Waals surface area contributed by atoms with Gasteiger partial charge in [0.1, 0.15) is 11.5 Å². The van der Waals surface area contributed by atoms with E-state index in [0.717, 1.165) is 5.56 Å². The van der Waals surface area contributed by atoms with E-state index >= 15 is 0 Å². The van der Waals surface area contributed by atoms with E-state index in [1.54, 1.807) is 51.6 Å². The van der Waals surface area contributed by atoms with Crippen LogP contribution in [0.2, 0.25) is 0 Å². The van der Waals surface area contributed by atoms with Crippen molar-refractivity contribution < 1.29 is 18.8 Å². The summed E-state index contributed by atoms with van der Waals surface area (Å²) < 4.78 is 16.2. The lowest BCUT2D eigenvalue weighted by Gasteiger charge is -2.09. The number of nitrogens with zero attached hydrogens (tertiary/aromatic N) is 2. The molecule has 0 saturated carbocycles. The first-order valence-corrected chi connectivity index (χ1v) is 8.84. The van der Waals surface area contributed by atoms with E-state index in [0.29, 0.717) is 40.7 Å². The van der Waals surface area contributed by atoms with Gasteiger partial charge in [-0.05, 0) is 36.8 Å². The number of benzene rings is 2. The number of methoxy groups -OCH3 is 2. The van der Waals surface area contributed by atoms with Gasteiger partial charge in [-0.2, -0.15) is 5.10 Å². The molecule has 29 heavy (non-hydrogen) atoms. The zero-order valence-corrected chi connectivity index (χ0v) is 16.3. The van der Waals surface area contributed by atoms with Crippen LogP contribution in [0.5, 0.6) is 11.5 Å². The maximum absolute atomic E-state index is 11.1. The van der Waals surface area contributed by atoms with Gasteiger partial charge in [0.05, 0.1) is 31.9 Å². The molecule has 8 heteroatoms. The van der Waals surface area contributed by atoms with Crippen LogP contribution in [0.25, 0.3) is 11.3 Å². The predicted octanol–water partition coefficient (Wildman–Crippen LogP) is 4.30. The van der Waals surface area contributed by atoms with Crippen molar-refractivity contribution in [2.75, 3.05) is 14.2 Å². The summed E-state index contributed by atoms with van der Waals surface area (Å²) in [7, 11) is 3.18. The largest absolute Gasteiger partial charge is 0.493 e. The highest BCUT2D eigenvalue weighted by molar-refractivity contribution is 5.77. The highest BCUT2D eigenvalue weighted by Gasteiger charge is 2.13. The maximum Gasteiger partial charge on any atom is 0.273 e. The Labute approximate surface area is 167 Å². The number of hydrogen-bond donors (Lipinski definition) is 1. The second-order valence-corrected chi connectivity index (χ2v) is 6.24. The van der Waals surface area contributed by atoms with Crippen molar-refractivity contribution in [2.45, 2.75) is 13.5 Å². The van der Waals surface area contributed by atoms with Crippen LogP contribution in [-0.4, -0.2) is 25.4 Å². The number of ether oxygens (including phenoxy) is 2. The fraction of sp³-hybridized carbons (Fsp3) is 0.190. The summed E-state index contributed by atoms with van der Waals surface area (Å²) in [5.74, 6) is 2.38. The summed E-state index contributed by atoms with van der Waals surface area (Å²) >= 11 is 0. The summed E-state index contributed by atoms with van der Waals surface area (Å²) in [5, 5.41) is 15.3. The summed E-state index contributed by atoms with van der Waals surface area (Å²) in [6.07, 6.45) is 1.55. The number of rotatable bonds is 8. The van der Waals surface area contributed by atoms with Gasteiger partial charge in [0.25, 0.3) is 5.69 Å². The van der Waals surface area contributed by atoms with Crippen LogP contribution in [0.4, 0.5) is 5.69 Å². The molecule has 1 aromatic heterocycles. The van der Waals surface area contributed by atoms with E-state index in [4.69, 9.17) is 13.9 Å². The highest BCUT2D eigenvalue weighted by Crippen LogP contribution is 2.28. The van der Waals surface area contributed by atoms with Gasteiger partial charge in [0.2, 0.25) is 0 Å². The first-order valence-electron chi connectivity index (χ1n) is 8.84. The van der Waals surface area contributed by atoms with Gasteiger partial charge in [-0.25, -0.2) is 0 Å². The Morgan fingerprint density at radius 1 is 1.10 bits per heavy atom. The lowest BCUT2D eigenvalue weighted by molar-refractivity contribution is -0.385. The molecule has 1 heterocycles. The SMILES string of the molecule is COc1ccc(CN/N=C/c2ccc(-c3ccc(C)c([N+](=O)[O-])c3)o2)cc1OC. The number of nitro groups is 1. The van der Waals surface area contributed by atoms with Crippen molar-refractivity contribution >= 4 is 11.9 Å². The topological polar surface area (TPSA) is 99.1 Å². The lowest BCUT2D eigenvalue weighted by Crippen LogP contribution is -2.05. The Balaban J connectivity index is 1.64. The zero-order chi connectivity index (χ0) is 20.8. The third kappa shape index (κ3) is 4.73. The number of furan rings is 1. The molecule has 0 saturated heterocycles. The van der Waals surface area contributed by atoms with Gasteiger partial charge >= 0.3 is 0 Å². The fourth-order valence-corrected chi connectivity index (χ4v) is 2.77. The van der Waals surface area contributed by atoms with Crippen molar-refractivity contribution in [1.82, 2.24) is 5.43 Å². The van der Waals surface area contributed by atoms with E-state index in [1.165, 1.54) is 6.07 Å². The van der Waals surface area contributed by atoms with Crippen LogP contribution in [0, 0.1) is 17.0 Å². The standard InChI is InChI=1S/C21H21N3O5/c1-14-4-6-16(11-18(14)24(25)26)19-9-7-17(29-19)13-23-22-12-15-5-8-20(27-2)21(10-15)28-3/h4-11,13,22H,12H2,1-3H3/b23-13+. The second-order valence-electron chi connectivity index (χ2n) is 6.24. The molecule has 1 N–H and O–H groups in total. The Kier molecular flexibility index (Phi) is 6.13. The minimum absolute atomic E-state index is 0.0608. The van der Waals surface area contributed by atoms with E-state index in [1.807, 2.05) is 18.2 Å². The smallest absolute Gasteiger partial charge is 0.273 e.